The van der Waals surface area contributed by atoms with Crippen LogP contribution in [0, 0.1) is 121 Å². The molecule has 4 heteroatoms. The Kier molecular flexibility index (Phi) is 13.0. The van der Waals surface area contributed by atoms with E-state index in [1.165, 1.54) is 82.7 Å². The Morgan fingerprint density at radius 1 is 0.333 bits per heavy atom. The summed E-state index contributed by atoms with van der Waals surface area (Å²) in [6.45, 7) is 15.2. The van der Waals surface area contributed by atoms with Gasteiger partial charge in [0.1, 0.15) is 0 Å². The average Bonchev–Trinajstić information content (AvgIpc) is 1.53. The topological polar surface area (TPSA) is 18.6 Å². The fraction of sp³-hybridized carbons (Fsp3) is 0.0120. The van der Waals surface area contributed by atoms with Crippen molar-refractivity contribution in [1.29, 1.82) is 0 Å². The normalized spacial score (nSPS) is 11.1. The number of aromatic nitrogens is 2. The van der Waals surface area contributed by atoms with Crippen LogP contribution in [-0.4, -0.2) is 9.13 Å². The van der Waals surface area contributed by atoms with Gasteiger partial charge in [-0.3, -0.25) is 0 Å². The molecule has 2 aromatic heterocycles. The zero-order valence-electron chi connectivity index (χ0n) is 46.2. The van der Waals surface area contributed by atoms with Crippen molar-refractivity contribution in [2.24, 2.45) is 0 Å². The number of hydrogen-bond acceptors (Lipinski definition) is 0. The summed E-state index contributed by atoms with van der Waals surface area (Å²) in [7, 11) is 0. The molecular weight excluding hydrogens is 1050 g/mol. The first-order valence-corrected chi connectivity index (χ1v) is 27.7. The van der Waals surface area contributed by atoms with Gasteiger partial charge in [-0.25, -0.2) is 9.69 Å². The van der Waals surface area contributed by atoms with Crippen LogP contribution in [0.2, 0.25) is 0 Å². The van der Waals surface area contributed by atoms with Crippen LogP contribution < -0.4 is 0 Å². The van der Waals surface area contributed by atoms with E-state index in [4.69, 9.17) is 26.0 Å². The van der Waals surface area contributed by atoms with E-state index in [-0.39, 0.29) is 0 Å². The van der Waals surface area contributed by atoms with E-state index in [1.807, 2.05) is 24.3 Å². The molecule has 11 aromatic carbocycles. The number of fused-ring (bicyclic) bond motifs is 18. The Morgan fingerprint density at radius 3 is 1.37 bits per heavy atom. The van der Waals surface area contributed by atoms with E-state index in [0.29, 0.717) is 11.4 Å². The molecule has 4 nitrogen and oxygen atoms in total. The lowest BCUT2D eigenvalue weighted by Gasteiger charge is -2.39. The predicted molar refractivity (Wildman–Crippen MR) is 356 cm³/mol. The fourth-order valence-corrected chi connectivity index (χ4v) is 12.8. The van der Waals surface area contributed by atoms with Crippen molar-refractivity contribution in [3.63, 3.8) is 0 Å². The molecular formula is C83H38N4. The van der Waals surface area contributed by atoms with Crippen molar-refractivity contribution < 1.29 is 0 Å². The molecule has 13 aromatic rings. The maximum absolute atomic E-state index is 7.58. The molecule has 0 atom stereocenters. The molecule has 0 amide bonds. The van der Waals surface area contributed by atoms with Gasteiger partial charge < -0.3 is 9.13 Å². The molecule has 0 N–H and O–H groups in total. The highest BCUT2D eigenvalue weighted by Gasteiger charge is 2.51. The van der Waals surface area contributed by atoms with Gasteiger partial charge in [0.15, 0.2) is 11.4 Å². The van der Waals surface area contributed by atoms with Crippen LogP contribution in [0.4, 0.5) is 11.4 Å². The lowest BCUT2D eigenvalue weighted by molar-refractivity contribution is 0.749. The first kappa shape index (κ1) is 51.7. The highest BCUT2D eigenvalue weighted by molar-refractivity contribution is 6.27. The number of nitrogens with zero attached hydrogens (tertiary/aromatic N) is 4. The highest BCUT2D eigenvalue weighted by Crippen LogP contribution is 2.62. The van der Waals surface area contributed by atoms with Gasteiger partial charge in [-0.1, -0.05) is 152 Å². The van der Waals surface area contributed by atoms with Gasteiger partial charge in [-0.2, -0.15) is 0 Å². The second kappa shape index (κ2) is 21.8. The van der Waals surface area contributed by atoms with Gasteiger partial charge in [-0.05, 0) is 239 Å². The van der Waals surface area contributed by atoms with E-state index in [9.17, 15) is 0 Å². The Hall–Kier alpha value is -13.4. The first-order valence-electron chi connectivity index (χ1n) is 27.7. The number of benzene rings is 11. The van der Waals surface area contributed by atoms with Crippen molar-refractivity contribution in [2.75, 3.05) is 0 Å². The molecule has 0 saturated heterocycles. The van der Waals surface area contributed by atoms with Crippen LogP contribution in [0.25, 0.3) is 120 Å². The second-order valence-electron chi connectivity index (χ2n) is 20.6. The quantitative estimate of drug-likeness (QED) is 0.124. The van der Waals surface area contributed by atoms with Crippen molar-refractivity contribution in [1.82, 2.24) is 9.13 Å². The van der Waals surface area contributed by atoms with Crippen molar-refractivity contribution >= 4 is 76.5 Å². The largest absolute Gasteiger partial charge is 0.309 e. The van der Waals surface area contributed by atoms with E-state index in [0.717, 1.165) is 49.5 Å². The van der Waals surface area contributed by atoms with E-state index in [1.54, 1.807) is 0 Å². The van der Waals surface area contributed by atoms with Gasteiger partial charge in [0.05, 0.1) is 46.3 Å². The van der Waals surface area contributed by atoms with Crippen LogP contribution in [0.5, 0.6) is 0 Å². The summed E-state index contributed by atoms with van der Waals surface area (Å²) in [6.07, 6.45) is 9.76. The smallest absolute Gasteiger partial charge is 0.187 e. The molecule has 87 heavy (non-hydrogen) atoms. The molecule has 1 aliphatic carbocycles. The lowest BCUT2D eigenvalue weighted by Crippen LogP contribution is -2.33. The van der Waals surface area contributed by atoms with Crippen LogP contribution in [0.15, 0.2) is 218 Å². The molecule has 390 valence electrons. The third-order valence-electron chi connectivity index (χ3n) is 16.2. The monoisotopic (exact) mass is 1090 g/mol. The van der Waals surface area contributed by atoms with Crippen molar-refractivity contribution in [2.45, 2.75) is 5.41 Å². The van der Waals surface area contributed by atoms with E-state index >= 15 is 0 Å². The predicted octanol–water partition coefficient (Wildman–Crippen LogP) is 17.6. The van der Waals surface area contributed by atoms with Gasteiger partial charge in [0.2, 0.25) is 0 Å². The van der Waals surface area contributed by atoms with Crippen LogP contribution in [0.1, 0.15) is 22.3 Å². The van der Waals surface area contributed by atoms with Crippen LogP contribution in [0.3, 0.4) is 0 Å². The summed E-state index contributed by atoms with van der Waals surface area (Å²) in [4.78, 5) is 7.37. The molecule has 0 fully saturated rings. The molecule has 1 aliphatic heterocycles. The third-order valence-corrected chi connectivity index (χ3v) is 16.2. The minimum Gasteiger partial charge on any atom is -0.309 e. The van der Waals surface area contributed by atoms with E-state index < -0.39 is 5.41 Å². The molecule has 3 heterocycles. The minimum absolute atomic E-state index is 0.627. The molecule has 0 saturated carbocycles. The number of rotatable bonds is 3. The fourth-order valence-electron chi connectivity index (χ4n) is 12.8. The maximum atomic E-state index is 7.58. The molecule has 15 rings (SSSR count). The molecule has 0 unspecified atom stereocenters. The van der Waals surface area contributed by atoms with Gasteiger partial charge in [0, 0.05) is 27.2 Å². The number of terminal acetylenes is 2. The Balaban J connectivity index is 0.000000324. The Morgan fingerprint density at radius 2 is 0.793 bits per heavy atom. The summed E-state index contributed by atoms with van der Waals surface area (Å²) in [6, 6.07) is 79.8. The van der Waals surface area contributed by atoms with Gasteiger partial charge in [-0.15, -0.1) is 12.8 Å². The zero-order chi connectivity index (χ0) is 58.8. The van der Waals surface area contributed by atoms with Crippen LogP contribution >= 0.6 is 0 Å². The summed E-state index contributed by atoms with van der Waals surface area (Å²) < 4.78 is 5.01. The van der Waals surface area contributed by atoms with Crippen molar-refractivity contribution in [3.8, 4) is 152 Å². The zero-order valence-corrected chi connectivity index (χ0v) is 46.2. The van der Waals surface area contributed by atoms with Gasteiger partial charge >= 0.3 is 0 Å². The molecule has 0 bridgehead atoms. The minimum atomic E-state index is -0.627. The number of para-hydroxylation sites is 4. The molecule has 1 spiro atoms. The maximum Gasteiger partial charge on any atom is 0.187 e. The summed E-state index contributed by atoms with van der Waals surface area (Å²) >= 11 is 0. The second-order valence-corrected chi connectivity index (χ2v) is 20.6. The standard InChI is InChI=1S/C65H36N4.C18H2/c1-66-47-27-23-41-33-39(19-21-43(41)35-47)45-25-30-55-53(37-45)54-38-46(40-20-22-44-36-48(67-2)28-24-42(44)34-40)26-31-56(54)65(55)57-15-7-9-18-60(57)69-63-50(14-10-16-58(63)65)51-29-32-61-62(64(51)69)52-13-6-8-17-59(52)68(61)49-11-4-3-5-12-49;1-3-5-7-9-11-13-15-17-18-16-14-12-10-8-6-4-2/h3-38H;1-2H. The molecule has 2 aliphatic rings. The van der Waals surface area contributed by atoms with E-state index in [2.05, 4.69) is 308 Å². The lowest BCUT2D eigenvalue weighted by atomic mass is 9.65. The van der Waals surface area contributed by atoms with Crippen LogP contribution in [-0.2, 0) is 5.41 Å². The summed E-state index contributed by atoms with van der Waals surface area (Å²) in [5, 5.41) is 9.32. The third kappa shape index (κ3) is 8.63. The highest BCUT2D eigenvalue weighted by atomic mass is 15.0. The first-order chi connectivity index (χ1) is 43.0. The average molecular weight is 1090 g/mol. The Bertz CT molecular complexity index is 5650. The summed E-state index contributed by atoms with van der Waals surface area (Å²) in [5.74, 6) is 38.2. The van der Waals surface area contributed by atoms with Gasteiger partial charge in [0.25, 0.3) is 0 Å². The SMILES string of the molecule is C#CC#CC#CC#CC#CC#CC#CC#CC#C.[C-]#[N+]c1ccc2cc(-c3ccc4c(c3)-c3cc(-c5ccc6cc([N+]#[C-])ccc6c5)ccc3C43c4ccccc4-n4c5c3cccc5c3ccc5c(c6ccccc6n5-c5ccccc5)c34)ccc2c1. The Labute approximate surface area is 504 Å². The number of hydrogen-bond donors (Lipinski definition) is 0. The van der Waals surface area contributed by atoms with Crippen molar-refractivity contribution in [3.05, 3.63) is 263 Å². The summed E-state index contributed by atoms with van der Waals surface area (Å²) in [5.41, 5.74) is 19.9. The molecule has 0 radical (unpaired) electrons.